The van der Waals surface area contributed by atoms with Crippen LogP contribution < -0.4 is 5.32 Å². The number of rotatable bonds is 7. The van der Waals surface area contributed by atoms with Crippen molar-refractivity contribution < 1.29 is 5.11 Å². The van der Waals surface area contributed by atoms with E-state index in [0.717, 1.165) is 25.6 Å². The Morgan fingerprint density at radius 3 is 2.71 bits per heavy atom. The van der Waals surface area contributed by atoms with E-state index in [4.69, 9.17) is 0 Å². The number of nitrogens with zero attached hydrogens (tertiary/aromatic N) is 2. The summed E-state index contributed by atoms with van der Waals surface area (Å²) in [7, 11) is 6.32. The lowest BCUT2D eigenvalue weighted by molar-refractivity contribution is 0.149. The van der Waals surface area contributed by atoms with E-state index < -0.39 is 0 Å². The van der Waals surface area contributed by atoms with E-state index in [1.165, 1.54) is 19.4 Å². The largest absolute Gasteiger partial charge is 0.394 e. The van der Waals surface area contributed by atoms with Crippen molar-refractivity contribution >= 4 is 0 Å². The number of aliphatic hydroxyl groups excluding tert-OH is 1. The standard InChI is InChI=1S/C13H29N3O/c1-13(11-17,14-2)7-9-15(3)10-12-6-5-8-16(12)4/h12,14,17H,5-11H2,1-4H3. The van der Waals surface area contributed by atoms with E-state index in [-0.39, 0.29) is 12.1 Å². The van der Waals surface area contributed by atoms with Crippen molar-refractivity contribution in [2.75, 3.05) is 47.4 Å². The zero-order chi connectivity index (χ0) is 12.9. The highest BCUT2D eigenvalue weighted by molar-refractivity contribution is 4.83. The summed E-state index contributed by atoms with van der Waals surface area (Å²) < 4.78 is 0. The first-order valence-electron chi connectivity index (χ1n) is 6.69. The summed E-state index contributed by atoms with van der Waals surface area (Å²) >= 11 is 0. The molecule has 0 aromatic carbocycles. The molecule has 2 unspecified atom stereocenters. The molecule has 1 saturated heterocycles. The average molecular weight is 243 g/mol. The topological polar surface area (TPSA) is 38.7 Å². The van der Waals surface area contributed by atoms with Gasteiger partial charge in [-0.05, 0) is 60.4 Å². The minimum absolute atomic E-state index is 0.143. The Morgan fingerprint density at radius 1 is 1.53 bits per heavy atom. The van der Waals surface area contributed by atoms with Crippen LogP contribution in [0.1, 0.15) is 26.2 Å². The van der Waals surface area contributed by atoms with Crippen LogP contribution in [0.4, 0.5) is 0 Å². The van der Waals surface area contributed by atoms with Crippen LogP contribution in [-0.4, -0.2) is 73.9 Å². The summed E-state index contributed by atoms with van der Waals surface area (Å²) in [5.41, 5.74) is -0.143. The molecule has 4 heteroatoms. The predicted octanol–water partition coefficient (Wildman–Crippen LogP) is 0.373. The quantitative estimate of drug-likeness (QED) is 0.678. The van der Waals surface area contributed by atoms with Crippen LogP contribution in [-0.2, 0) is 0 Å². The highest BCUT2D eigenvalue weighted by Crippen LogP contribution is 2.16. The second-order valence-electron chi connectivity index (χ2n) is 5.76. The molecular formula is C13H29N3O. The second-order valence-corrected chi connectivity index (χ2v) is 5.76. The third kappa shape index (κ3) is 4.54. The second kappa shape index (κ2) is 6.69. The fourth-order valence-corrected chi connectivity index (χ4v) is 2.38. The van der Waals surface area contributed by atoms with Gasteiger partial charge in [0.2, 0.25) is 0 Å². The third-order valence-electron chi connectivity index (χ3n) is 4.19. The first-order chi connectivity index (χ1) is 8.00. The number of aliphatic hydroxyl groups is 1. The van der Waals surface area contributed by atoms with Crippen molar-refractivity contribution in [3.63, 3.8) is 0 Å². The summed E-state index contributed by atoms with van der Waals surface area (Å²) in [6.07, 6.45) is 3.64. The molecule has 1 aliphatic rings. The molecule has 0 spiro atoms. The summed E-state index contributed by atoms with van der Waals surface area (Å²) in [6, 6.07) is 0.718. The predicted molar refractivity (Wildman–Crippen MR) is 72.3 cm³/mol. The van der Waals surface area contributed by atoms with Gasteiger partial charge in [-0.3, -0.25) is 0 Å². The van der Waals surface area contributed by atoms with Gasteiger partial charge in [0.25, 0.3) is 0 Å². The number of hydrogen-bond donors (Lipinski definition) is 2. The SMILES string of the molecule is CNC(C)(CO)CCN(C)CC1CCCN1C. The monoisotopic (exact) mass is 243 g/mol. The van der Waals surface area contributed by atoms with Gasteiger partial charge in [-0.1, -0.05) is 0 Å². The van der Waals surface area contributed by atoms with Crippen molar-refractivity contribution in [2.24, 2.45) is 0 Å². The molecule has 0 bridgehead atoms. The van der Waals surface area contributed by atoms with Crippen LogP contribution in [0.2, 0.25) is 0 Å². The summed E-state index contributed by atoms with van der Waals surface area (Å²) in [5.74, 6) is 0. The number of nitrogens with one attached hydrogen (secondary N) is 1. The Morgan fingerprint density at radius 2 is 2.24 bits per heavy atom. The highest BCUT2D eigenvalue weighted by Gasteiger charge is 2.24. The van der Waals surface area contributed by atoms with E-state index in [1.807, 2.05) is 7.05 Å². The number of likely N-dealkylation sites (N-methyl/N-ethyl adjacent to an activating group) is 3. The molecule has 2 atom stereocenters. The summed E-state index contributed by atoms with van der Waals surface area (Å²) in [4.78, 5) is 4.84. The van der Waals surface area contributed by atoms with E-state index in [2.05, 4.69) is 36.1 Å². The van der Waals surface area contributed by atoms with Crippen LogP contribution in [0, 0.1) is 0 Å². The minimum Gasteiger partial charge on any atom is -0.394 e. The van der Waals surface area contributed by atoms with Crippen LogP contribution in [0.25, 0.3) is 0 Å². The average Bonchev–Trinajstić information content (AvgIpc) is 2.72. The fourth-order valence-electron chi connectivity index (χ4n) is 2.38. The molecule has 0 aliphatic carbocycles. The lowest BCUT2D eigenvalue weighted by atomic mass is 9.99. The van der Waals surface area contributed by atoms with Crippen molar-refractivity contribution in [3.05, 3.63) is 0 Å². The molecule has 1 rings (SSSR count). The van der Waals surface area contributed by atoms with Crippen molar-refractivity contribution in [1.82, 2.24) is 15.1 Å². The van der Waals surface area contributed by atoms with Gasteiger partial charge in [0, 0.05) is 18.1 Å². The zero-order valence-corrected chi connectivity index (χ0v) is 11.9. The fraction of sp³-hybridized carbons (Fsp3) is 1.00. The molecule has 1 fully saturated rings. The Labute approximate surface area is 106 Å². The lowest BCUT2D eigenvalue weighted by Gasteiger charge is -2.31. The molecule has 102 valence electrons. The van der Waals surface area contributed by atoms with Gasteiger partial charge in [0.15, 0.2) is 0 Å². The van der Waals surface area contributed by atoms with Gasteiger partial charge in [0.05, 0.1) is 6.61 Å². The molecule has 1 aliphatic heterocycles. The summed E-state index contributed by atoms with van der Waals surface area (Å²) in [5, 5.41) is 12.5. The van der Waals surface area contributed by atoms with Crippen LogP contribution >= 0.6 is 0 Å². The first kappa shape index (κ1) is 14.9. The molecule has 0 radical (unpaired) electrons. The minimum atomic E-state index is -0.143. The third-order valence-corrected chi connectivity index (χ3v) is 4.19. The van der Waals surface area contributed by atoms with E-state index in [1.54, 1.807) is 0 Å². The van der Waals surface area contributed by atoms with E-state index in [0.29, 0.717) is 0 Å². The van der Waals surface area contributed by atoms with Gasteiger partial charge >= 0.3 is 0 Å². The van der Waals surface area contributed by atoms with E-state index >= 15 is 0 Å². The van der Waals surface area contributed by atoms with Crippen LogP contribution in [0.3, 0.4) is 0 Å². The van der Waals surface area contributed by atoms with Gasteiger partial charge in [-0.2, -0.15) is 0 Å². The normalized spacial score (nSPS) is 25.4. The Bertz CT molecular complexity index is 219. The molecule has 0 aromatic rings. The van der Waals surface area contributed by atoms with E-state index in [9.17, 15) is 5.11 Å². The Hall–Kier alpha value is -0.160. The maximum absolute atomic E-state index is 9.34. The molecule has 0 aromatic heterocycles. The Balaban J connectivity index is 2.27. The number of likely N-dealkylation sites (tertiary alicyclic amines) is 1. The van der Waals surface area contributed by atoms with Crippen molar-refractivity contribution in [1.29, 1.82) is 0 Å². The lowest BCUT2D eigenvalue weighted by Crippen LogP contribution is -2.46. The molecular weight excluding hydrogens is 214 g/mol. The van der Waals surface area contributed by atoms with Gasteiger partial charge < -0.3 is 20.2 Å². The van der Waals surface area contributed by atoms with Gasteiger partial charge in [-0.25, -0.2) is 0 Å². The first-order valence-corrected chi connectivity index (χ1v) is 6.69. The molecule has 1 heterocycles. The molecule has 0 saturated carbocycles. The maximum atomic E-state index is 9.34. The molecule has 4 nitrogen and oxygen atoms in total. The number of hydrogen-bond acceptors (Lipinski definition) is 4. The molecule has 17 heavy (non-hydrogen) atoms. The van der Waals surface area contributed by atoms with Gasteiger partial charge in [0.1, 0.15) is 0 Å². The molecule has 0 amide bonds. The Kier molecular flexibility index (Phi) is 5.86. The van der Waals surface area contributed by atoms with Crippen LogP contribution in [0.5, 0.6) is 0 Å². The van der Waals surface area contributed by atoms with Crippen molar-refractivity contribution in [2.45, 2.75) is 37.8 Å². The van der Waals surface area contributed by atoms with Gasteiger partial charge in [-0.15, -0.1) is 0 Å². The highest BCUT2D eigenvalue weighted by atomic mass is 16.3. The smallest absolute Gasteiger partial charge is 0.0610 e. The summed E-state index contributed by atoms with van der Waals surface area (Å²) in [6.45, 7) is 5.68. The maximum Gasteiger partial charge on any atom is 0.0610 e. The zero-order valence-electron chi connectivity index (χ0n) is 11.9. The van der Waals surface area contributed by atoms with Crippen LogP contribution in [0.15, 0.2) is 0 Å². The molecule has 2 N–H and O–H groups in total. The van der Waals surface area contributed by atoms with Crippen molar-refractivity contribution in [3.8, 4) is 0 Å².